The fraction of sp³-hybridized carbons (Fsp3) is 0.136. The van der Waals surface area contributed by atoms with Gasteiger partial charge in [-0.2, -0.15) is 0 Å². The number of carboxylic acids is 1. The Hall–Kier alpha value is -2.87. The molecule has 3 rings (SSSR count). The molecule has 3 aromatic rings. The molecule has 3 aromatic carbocycles. The molecule has 1 atom stereocenters. The van der Waals surface area contributed by atoms with Crippen LogP contribution in [-0.4, -0.2) is 11.1 Å². The molecule has 2 nitrogen and oxygen atoms in total. The van der Waals surface area contributed by atoms with Crippen LogP contribution in [0.3, 0.4) is 0 Å². The second-order valence-electron chi connectivity index (χ2n) is 5.17. The van der Waals surface area contributed by atoms with Crippen molar-refractivity contribution in [2.24, 2.45) is 0 Å². The van der Waals surface area contributed by atoms with Gasteiger partial charge in [-0.1, -0.05) is 98.8 Å². The number of carbonyl (C=O) groups is 1. The van der Waals surface area contributed by atoms with Crippen molar-refractivity contribution in [2.75, 3.05) is 0 Å². The first kappa shape index (κ1) is 17.5. The van der Waals surface area contributed by atoms with Gasteiger partial charge in [0.15, 0.2) is 0 Å². The van der Waals surface area contributed by atoms with Crippen molar-refractivity contribution in [3.63, 3.8) is 0 Å². The molecule has 0 saturated heterocycles. The molecule has 0 aromatic heterocycles. The van der Waals surface area contributed by atoms with Crippen LogP contribution >= 0.6 is 0 Å². The van der Waals surface area contributed by atoms with E-state index < -0.39 is 11.9 Å². The number of carboxylic acid groups (broad SMARTS) is 1. The quantitative estimate of drug-likeness (QED) is 0.680. The van der Waals surface area contributed by atoms with E-state index in [2.05, 4.69) is 0 Å². The van der Waals surface area contributed by atoms with Gasteiger partial charge in [-0.25, -0.2) is 0 Å². The van der Waals surface area contributed by atoms with Gasteiger partial charge < -0.3 is 5.11 Å². The number of rotatable bonds is 4. The van der Waals surface area contributed by atoms with E-state index in [9.17, 15) is 9.90 Å². The molecule has 0 aliphatic carbocycles. The first-order chi connectivity index (χ1) is 11.8. The van der Waals surface area contributed by atoms with Crippen LogP contribution in [0.4, 0.5) is 0 Å². The fourth-order valence-corrected chi connectivity index (χ4v) is 2.62. The highest BCUT2D eigenvalue weighted by molar-refractivity contribution is 5.80. The van der Waals surface area contributed by atoms with Gasteiger partial charge in [-0.05, 0) is 22.3 Å². The molecular formula is C22H22O2. The molecule has 1 unspecified atom stereocenters. The maximum absolute atomic E-state index is 11.7. The van der Waals surface area contributed by atoms with Crippen molar-refractivity contribution < 1.29 is 9.90 Å². The van der Waals surface area contributed by atoms with E-state index >= 15 is 0 Å². The Morgan fingerprint density at radius 2 is 1.08 bits per heavy atom. The predicted molar refractivity (Wildman–Crippen MR) is 99.1 cm³/mol. The maximum atomic E-state index is 11.7. The largest absolute Gasteiger partial charge is 0.481 e. The Morgan fingerprint density at radius 3 is 1.58 bits per heavy atom. The Kier molecular flexibility index (Phi) is 6.32. The molecule has 24 heavy (non-hydrogen) atoms. The van der Waals surface area contributed by atoms with Crippen molar-refractivity contribution in [3.8, 4) is 11.1 Å². The number of hydrogen-bond acceptors (Lipinski definition) is 1. The summed E-state index contributed by atoms with van der Waals surface area (Å²) in [4.78, 5) is 11.7. The molecular weight excluding hydrogens is 296 g/mol. The molecule has 2 heteroatoms. The molecule has 1 N–H and O–H groups in total. The molecule has 122 valence electrons. The SMILES string of the molecule is CC.O=C(O)C(c1ccccc1)c1ccc(-c2ccccc2)cc1. The topological polar surface area (TPSA) is 37.3 Å². The molecule has 0 amide bonds. The summed E-state index contributed by atoms with van der Waals surface area (Å²) in [6.45, 7) is 4.00. The van der Waals surface area contributed by atoms with Gasteiger partial charge in [-0.3, -0.25) is 4.79 Å². The summed E-state index contributed by atoms with van der Waals surface area (Å²) in [6, 6.07) is 27.1. The third kappa shape index (κ3) is 4.11. The standard InChI is InChI=1S/C20H16O2.C2H6/c21-20(22)19(17-9-5-2-6-10-17)18-13-11-16(12-14-18)15-7-3-1-4-8-15;1-2/h1-14,19H,(H,21,22);1-2H3. The highest BCUT2D eigenvalue weighted by Gasteiger charge is 2.21. The van der Waals surface area contributed by atoms with Crippen molar-refractivity contribution >= 4 is 5.97 Å². The van der Waals surface area contributed by atoms with Crippen molar-refractivity contribution in [2.45, 2.75) is 19.8 Å². The first-order valence-corrected chi connectivity index (χ1v) is 8.19. The minimum atomic E-state index is -0.835. The molecule has 0 aliphatic rings. The van der Waals surface area contributed by atoms with Crippen LogP contribution in [0, 0.1) is 0 Å². The average molecular weight is 318 g/mol. The smallest absolute Gasteiger partial charge is 0.315 e. The van der Waals surface area contributed by atoms with E-state index in [1.807, 2.05) is 98.8 Å². The molecule has 0 radical (unpaired) electrons. The second-order valence-corrected chi connectivity index (χ2v) is 5.17. The van der Waals surface area contributed by atoms with Gasteiger partial charge in [-0.15, -0.1) is 0 Å². The highest BCUT2D eigenvalue weighted by atomic mass is 16.4. The Morgan fingerprint density at radius 1 is 0.667 bits per heavy atom. The summed E-state index contributed by atoms with van der Waals surface area (Å²) in [7, 11) is 0. The summed E-state index contributed by atoms with van der Waals surface area (Å²) < 4.78 is 0. The zero-order valence-corrected chi connectivity index (χ0v) is 14.0. The Balaban J connectivity index is 0.00000100. The lowest BCUT2D eigenvalue weighted by molar-refractivity contribution is -0.137. The van der Waals surface area contributed by atoms with Crippen LogP contribution < -0.4 is 0 Å². The van der Waals surface area contributed by atoms with Crippen molar-refractivity contribution in [1.29, 1.82) is 0 Å². The van der Waals surface area contributed by atoms with Gasteiger partial charge >= 0.3 is 5.97 Å². The number of hydrogen-bond donors (Lipinski definition) is 1. The summed E-state index contributed by atoms with van der Waals surface area (Å²) in [6.07, 6.45) is 0. The predicted octanol–water partition coefficient (Wildman–Crippen LogP) is 5.60. The maximum Gasteiger partial charge on any atom is 0.315 e. The number of aliphatic carboxylic acids is 1. The molecule has 0 heterocycles. The van der Waals surface area contributed by atoms with Crippen LogP contribution in [0.15, 0.2) is 84.9 Å². The Bertz CT molecular complexity index is 747. The third-order valence-corrected chi connectivity index (χ3v) is 3.73. The lowest BCUT2D eigenvalue weighted by atomic mass is 9.90. The number of benzene rings is 3. The molecule has 0 fully saturated rings. The van der Waals surface area contributed by atoms with Crippen LogP contribution in [0.5, 0.6) is 0 Å². The van der Waals surface area contributed by atoms with E-state index in [1.165, 1.54) is 0 Å². The fourth-order valence-electron chi connectivity index (χ4n) is 2.62. The third-order valence-electron chi connectivity index (χ3n) is 3.73. The van der Waals surface area contributed by atoms with Crippen LogP contribution in [-0.2, 0) is 4.79 Å². The molecule has 0 aliphatic heterocycles. The van der Waals surface area contributed by atoms with Gasteiger partial charge in [0.2, 0.25) is 0 Å². The lowest BCUT2D eigenvalue weighted by Crippen LogP contribution is -2.12. The summed E-state index contributed by atoms with van der Waals surface area (Å²) in [5.74, 6) is -1.47. The summed E-state index contributed by atoms with van der Waals surface area (Å²) in [5, 5.41) is 9.57. The van der Waals surface area contributed by atoms with E-state index in [4.69, 9.17) is 0 Å². The Labute approximate surface area is 143 Å². The van der Waals surface area contributed by atoms with Gasteiger partial charge in [0.05, 0.1) is 0 Å². The zero-order chi connectivity index (χ0) is 17.4. The molecule has 0 bridgehead atoms. The van der Waals surface area contributed by atoms with E-state index in [-0.39, 0.29) is 0 Å². The second kappa shape index (κ2) is 8.68. The van der Waals surface area contributed by atoms with E-state index in [0.29, 0.717) is 0 Å². The van der Waals surface area contributed by atoms with E-state index in [0.717, 1.165) is 22.3 Å². The van der Waals surface area contributed by atoms with Crippen LogP contribution in [0.25, 0.3) is 11.1 Å². The van der Waals surface area contributed by atoms with Crippen LogP contribution in [0.2, 0.25) is 0 Å². The highest BCUT2D eigenvalue weighted by Crippen LogP contribution is 2.27. The molecule has 0 saturated carbocycles. The minimum absolute atomic E-state index is 0.633. The normalized spacial score (nSPS) is 11.1. The van der Waals surface area contributed by atoms with Crippen molar-refractivity contribution in [1.82, 2.24) is 0 Å². The van der Waals surface area contributed by atoms with Crippen LogP contribution in [0.1, 0.15) is 30.9 Å². The molecule has 0 spiro atoms. The first-order valence-electron chi connectivity index (χ1n) is 8.19. The zero-order valence-electron chi connectivity index (χ0n) is 14.0. The monoisotopic (exact) mass is 318 g/mol. The summed E-state index contributed by atoms with van der Waals surface area (Å²) in [5.41, 5.74) is 3.79. The van der Waals surface area contributed by atoms with Crippen molar-refractivity contribution in [3.05, 3.63) is 96.1 Å². The minimum Gasteiger partial charge on any atom is -0.481 e. The van der Waals surface area contributed by atoms with Gasteiger partial charge in [0.25, 0.3) is 0 Å². The average Bonchev–Trinajstić information content (AvgIpc) is 2.65. The van der Waals surface area contributed by atoms with E-state index in [1.54, 1.807) is 0 Å². The lowest BCUT2D eigenvalue weighted by Gasteiger charge is -2.14. The van der Waals surface area contributed by atoms with Gasteiger partial charge in [0, 0.05) is 0 Å². The van der Waals surface area contributed by atoms with Gasteiger partial charge in [0.1, 0.15) is 5.92 Å². The summed E-state index contributed by atoms with van der Waals surface area (Å²) >= 11 is 0.